The fourth-order valence-corrected chi connectivity index (χ4v) is 3.60. The van der Waals surface area contributed by atoms with E-state index in [0.717, 1.165) is 20.2 Å². The summed E-state index contributed by atoms with van der Waals surface area (Å²) in [5, 5.41) is 3.23. The summed E-state index contributed by atoms with van der Waals surface area (Å²) in [7, 11) is 1.46. The molecule has 2 aromatic rings. The van der Waals surface area contributed by atoms with Crippen molar-refractivity contribution >= 4 is 37.5 Å². The number of hydrogen-bond acceptors (Lipinski definition) is 2. The summed E-state index contributed by atoms with van der Waals surface area (Å²) in [5.74, 6) is -0.0757. The number of methoxy groups -OCH3 is 1. The second-order valence-electron chi connectivity index (χ2n) is 4.39. The lowest BCUT2D eigenvalue weighted by molar-refractivity contribution is 0.384. The fourth-order valence-electron chi connectivity index (χ4n) is 1.90. The van der Waals surface area contributed by atoms with Crippen LogP contribution in [0.4, 0.5) is 10.1 Å². The van der Waals surface area contributed by atoms with Gasteiger partial charge in [-0.25, -0.2) is 4.39 Å². The molecule has 0 fully saturated rings. The minimum absolute atomic E-state index is 0.256. The van der Waals surface area contributed by atoms with Crippen LogP contribution < -0.4 is 10.1 Å². The zero-order valence-electron chi connectivity index (χ0n) is 11.1. The molecule has 0 saturated carbocycles. The van der Waals surface area contributed by atoms with Crippen molar-refractivity contribution in [2.75, 3.05) is 12.4 Å². The van der Waals surface area contributed by atoms with E-state index < -0.39 is 0 Å². The van der Waals surface area contributed by atoms with E-state index in [9.17, 15) is 4.39 Å². The number of hydrogen-bond donors (Lipinski definition) is 1. The zero-order chi connectivity index (χ0) is 14.7. The third-order valence-corrected chi connectivity index (χ3v) is 4.16. The first-order valence-corrected chi connectivity index (χ1v) is 7.62. The lowest BCUT2D eigenvalue weighted by Crippen LogP contribution is -2.04. The molecule has 0 unspecified atom stereocenters. The van der Waals surface area contributed by atoms with Crippen LogP contribution in [0.15, 0.2) is 39.3 Å². The highest BCUT2D eigenvalue weighted by Crippen LogP contribution is 2.33. The first-order chi connectivity index (χ1) is 9.52. The highest BCUT2D eigenvalue weighted by atomic mass is 79.9. The van der Waals surface area contributed by atoms with Crippen LogP contribution in [0.3, 0.4) is 0 Å². The molecular formula is C15H14Br2FNO. The maximum atomic E-state index is 14.1. The molecule has 1 N–H and O–H groups in total. The van der Waals surface area contributed by atoms with Crippen LogP contribution in [0.5, 0.6) is 5.75 Å². The normalized spacial score (nSPS) is 10.4. The molecule has 0 radical (unpaired) electrons. The molecule has 0 atom stereocenters. The second-order valence-corrected chi connectivity index (χ2v) is 6.10. The van der Waals surface area contributed by atoms with Gasteiger partial charge >= 0.3 is 0 Å². The van der Waals surface area contributed by atoms with Gasteiger partial charge in [0.1, 0.15) is 0 Å². The van der Waals surface area contributed by atoms with Crippen molar-refractivity contribution in [3.63, 3.8) is 0 Å². The Morgan fingerprint density at radius 1 is 1.20 bits per heavy atom. The Balaban J connectivity index is 2.21. The molecule has 0 aliphatic rings. The molecule has 0 aliphatic carbocycles. The van der Waals surface area contributed by atoms with Gasteiger partial charge in [-0.3, -0.25) is 0 Å². The Hall–Kier alpha value is -1.07. The molecule has 0 amide bonds. The van der Waals surface area contributed by atoms with E-state index >= 15 is 0 Å². The van der Waals surface area contributed by atoms with Crippen LogP contribution in [0, 0.1) is 12.7 Å². The Morgan fingerprint density at radius 3 is 2.45 bits per heavy atom. The number of ether oxygens (including phenoxy) is 1. The summed E-state index contributed by atoms with van der Waals surface area (Å²) in [4.78, 5) is 0. The topological polar surface area (TPSA) is 21.3 Å². The monoisotopic (exact) mass is 401 g/mol. The average molecular weight is 403 g/mol. The Kier molecular flexibility index (Phi) is 5.05. The van der Waals surface area contributed by atoms with Gasteiger partial charge in [0.15, 0.2) is 11.6 Å². The van der Waals surface area contributed by atoms with Crippen LogP contribution in [-0.4, -0.2) is 7.11 Å². The van der Waals surface area contributed by atoms with Crippen molar-refractivity contribution in [3.8, 4) is 5.75 Å². The van der Waals surface area contributed by atoms with Crippen molar-refractivity contribution in [2.24, 2.45) is 0 Å². The molecule has 2 nitrogen and oxygen atoms in total. The van der Waals surface area contributed by atoms with E-state index in [1.807, 2.05) is 19.1 Å². The molecule has 0 bridgehead atoms. The third kappa shape index (κ3) is 3.33. The summed E-state index contributed by atoms with van der Waals surface area (Å²) in [6.07, 6.45) is 0. The summed E-state index contributed by atoms with van der Waals surface area (Å²) in [5.41, 5.74) is 2.60. The van der Waals surface area contributed by atoms with Crippen LogP contribution in [0.2, 0.25) is 0 Å². The van der Waals surface area contributed by atoms with Crippen molar-refractivity contribution in [1.29, 1.82) is 0 Å². The molecule has 2 rings (SSSR count). The zero-order valence-corrected chi connectivity index (χ0v) is 14.3. The van der Waals surface area contributed by atoms with Gasteiger partial charge in [-0.1, -0.05) is 12.1 Å². The average Bonchev–Trinajstić information content (AvgIpc) is 2.39. The molecule has 0 spiro atoms. The predicted molar refractivity (Wildman–Crippen MR) is 86.9 cm³/mol. The first kappa shape index (κ1) is 15.3. The standard InChI is InChI=1S/C15H14Br2FNO/c1-9-6-11(16)15(12(17)7-9)19-8-10-4-3-5-13(20-2)14(10)18/h3-7,19H,8H2,1-2H3. The summed E-state index contributed by atoms with van der Waals surface area (Å²) >= 11 is 7.01. The first-order valence-electron chi connectivity index (χ1n) is 6.04. The van der Waals surface area contributed by atoms with Gasteiger partial charge in [0.2, 0.25) is 0 Å². The van der Waals surface area contributed by atoms with Crippen LogP contribution in [-0.2, 0) is 6.54 Å². The third-order valence-electron chi connectivity index (χ3n) is 2.91. The molecule has 0 aromatic heterocycles. The number of anilines is 1. The molecule has 20 heavy (non-hydrogen) atoms. The van der Waals surface area contributed by atoms with Gasteiger partial charge < -0.3 is 10.1 Å². The summed E-state index contributed by atoms with van der Waals surface area (Å²) in [6.45, 7) is 2.39. The van der Waals surface area contributed by atoms with Crippen molar-refractivity contribution in [1.82, 2.24) is 0 Å². The lowest BCUT2D eigenvalue weighted by atomic mass is 10.2. The van der Waals surface area contributed by atoms with E-state index in [0.29, 0.717) is 12.1 Å². The molecule has 0 heterocycles. The minimum Gasteiger partial charge on any atom is -0.494 e. The molecular weight excluding hydrogens is 389 g/mol. The highest BCUT2D eigenvalue weighted by molar-refractivity contribution is 9.11. The van der Waals surface area contributed by atoms with Crippen LogP contribution in [0.1, 0.15) is 11.1 Å². The number of rotatable bonds is 4. The SMILES string of the molecule is COc1cccc(CNc2c(Br)cc(C)cc2Br)c1F. The highest BCUT2D eigenvalue weighted by Gasteiger charge is 2.10. The van der Waals surface area contributed by atoms with Crippen molar-refractivity contribution in [2.45, 2.75) is 13.5 Å². The smallest absolute Gasteiger partial charge is 0.170 e. The van der Waals surface area contributed by atoms with Crippen molar-refractivity contribution < 1.29 is 9.13 Å². The van der Waals surface area contributed by atoms with Crippen molar-refractivity contribution in [3.05, 3.63) is 56.2 Å². The molecule has 106 valence electrons. The van der Waals surface area contributed by atoms with E-state index in [4.69, 9.17) is 4.74 Å². The molecule has 5 heteroatoms. The summed E-state index contributed by atoms with van der Waals surface area (Å²) in [6, 6.07) is 9.14. The summed E-state index contributed by atoms with van der Waals surface area (Å²) < 4.78 is 20.9. The van der Waals surface area contributed by atoms with Gasteiger partial charge in [0.25, 0.3) is 0 Å². The fraction of sp³-hybridized carbons (Fsp3) is 0.200. The molecule has 0 saturated heterocycles. The van der Waals surface area contributed by atoms with E-state index in [1.165, 1.54) is 7.11 Å². The maximum Gasteiger partial charge on any atom is 0.170 e. The number of halogens is 3. The van der Waals surface area contributed by atoms with Gasteiger partial charge in [-0.2, -0.15) is 0 Å². The minimum atomic E-state index is -0.332. The van der Waals surface area contributed by atoms with Gasteiger partial charge in [0, 0.05) is 21.1 Å². The van der Waals surface area contributed by atoms with Gasteiger partial charge in [-0.15, -0.1) is 0 Å². The van der Waals surface area contributed by atoms with E-state index in [-0.39, 0.29) is 11.6 Å². The molecule has 2 aromatic carbocycles. The van der Waals surface area contributed by atoms with E-state index in [1.54, 1.807) is 18.2 Å². The van der Waals surface area contributed by atoms with Crippen LogP contribution >= 0.6 is 31.9 Å². The maximum absolute atomic E-state index is 14.1. The Morgan fingerprint density at radius 2 is 1.85 bits per heavy atom. The largest absolute Gasteiger partial charge is 0.494 e. The quantitative estimate of drug-likeness (QED) is 0.751. The number of aryl methyl sites for hydroxylation is 1. The second kappa shape index (κ2) is 6.59. The molecule has 0 aliphatic heterocycles. The Bertz CT molecular complexity index is 608. The predicted octanol–water partition coefficient (Wildman–Crippen LogP) is 5.28. The number of benzene rings is 2. The van der Waals surface area contributed by atoms with Crippen LogP contribution in [0.25, 0.3) is 0 Å². The van der Waals surface area contributed by atoms with Gasteiger partial charge in [-0.05, 0) is 62.5 Å². The lowest BCUT2D eigenvalue weighted by Gasteiger charge is -2.13. The number of nitrogens with one attached hydrogen (secondary N) is 1. The van der Waals surface area contributed by atoms with Gasteiger partial charge in [0.05, 0.1) is 12.8 Å². The Labute approximate surface area is 134 Å². The van der Waals surface area contributed by atoms with E-state index in [2.05, 4.69) is 37.2 Å².